The van der Waals surface area contributed by atoms with Crippen molar-refractivity contribution < 1.29 is 23.4 Å². The predicted octanol–water partition coefficient (Wildman–Crippen LogP) is 0.661. The van der Waals surface area contributed by atoms with E-state index >= 15 is 0 Å². The van der Waals surface area contributed by atoms with Crippen LogP contribution in [0, 0.1) is 12.8 Å². The molecular formula is C10H15NO5S2. The number of carboxylic acid groups (broad SMARTS) is 1. The van der Waals surface area contributed by atoms with E-state index in [2.05, 4.69) is 4.72 Å². The van der Waals surface area contributed by atoms with Gasteiger partial charge in [0.15, 0.2) is 0 Å². The fraction of sp³-hybridized carbons (Fsp3) is 0.500. The number of hydrogen-bond donors (Lipinski definition) is 3. The maximum Gasteiger partial charge on any atom is 0.345 e. The fourth-order valence-corrected chi connectivity index (χ4v) is 3.82. The number of aliphatic hydroxyl groups excluding tert-OH is 1. The molecule has 1 aromatic heterocycles. The SMILES string of the molecule is Cc1sc(C(=O)O)cc1S(=O)(=O)NCC(C)CO. The molecule has 0 bridgehead atoms. The van der Waals surface area contributed by atoms with Crippen LogP contribution in [0.25, 0.3) is 0 Å². The van der Waals surface area contributed by atoms with Gasteiger partial charge in [-0.3, -0.25) is 0 Å². The topological polar surface area (TPSA) is 104 Å². The van der Waals surface area contributed by atoms with E-state index in [0.29, 0.717) is 4.88 Å². The molecule has 18 heavy (non-hydrogen) atoms. The first-order chi connectivity index (χ1) is 8.27. The average molecular weight is 293 g/mol. The minimum absolute atomic E-state index is 0.0110. The largest absolute Gasteiger partial charge is 0.477 e. The molecule has 1 rings (SSSR count). The van der Waals surface area contributed by atoms with Gasteiger partial charge >= 0.3 is 5.97 Å². The first kappa shape index (κ1) is 15.1. The lowest BCUT2D eigenvalue weighted by Gasteiger charge is -2.09. The van der Waals surface area contributed by atoms with Crippen molar-refractivity contribution in [1.82, 2.24) is 4.72 Å². The number of nitrogens with one attached hydrogen (secondary N) is 1. The zero-order valence-corrected chi connectivity index (χ0v) is 11.6. The lowest BCUT2D eigenvalue weighted by Crippen LogP contribution is -2.29. The maximum atomic E-state index is 11.9. The van der Waals surface area contributed by atoms with Gasteiger partial charge in [-0.15, -0.1) is 11.3 Å². The summed E-state index contributed by atoms with van der Waals surface area (Å²) in [6.07, 6.45) is 0. The number of carbonyl (C=O) groups is 1. The minimum atomic E-state index is -3.72. The van der Waals surface area contributed by atoms with Crippen molar-refractivity contribution in [1.29, 1.82) is 0 Å². The van der Waals surface area contributed by atoms with Crippen molar-refractivity contribution >= 4 is 27.3 Å². The van der Waals surface area contributed by atoms with Crippen LogP contribution in [0.1, 0.15) is 21.5 Å². The van der Waals surface area contributed by atoms with E-state index in [9.17, 15) is 13.2 Å². The molecule has 0 spiro atoms. The highest BCUT2D eigenvalue weighted by Gasteiger charge is 2.22. The summed E-state index contributed by atoms with van der Waals surface area (Å²) in [5, 5.41) is 17.6. The third-order valence-electron chi connectivity index (χ3n) is 2.31. The van der Waals surface area contributed by atoms with E-state index in [1.165, 1.54) is 0 Å². The van der Waals surface area contributed by atoms with Crippen molar-refractivity contribution in [3.63, 3.8) is 0 Å². The molecule has 8 heteroatoms. The second-order valence-corrected chi connectivity index (χ2v) is 6.97. The predicted molar refractivity (Wildman–Crippen MR) is 67.5 cm³/mol. The second-order valence-electron chi connectivity index (χ2n) is 3.98. The van der Waals surface area contributed by atoms with Gasteiger partial charge in [-0.1, -0.05) is 6.92 Å². The van der Waals surface area contributed by atoms with Gasteiger partial charge < -0.3 is 10.2 Å². The van der Waals surface area contributed by atoms with Crippen molar-refractivity contribution in [2.24, 2.45) is 5.92 Å². The van der Waals surface area contributed by atoms with Crippen LogP contribution in [-0.4, -0.2) is 37.8 Å². The highest BCUT2D eigenvalue weighted by atomic mass is 32.2. The van der Waals surface area contributed by atoms with E-state index in [1.54, 1.807) is 13.8 Å². The molecule has 3 N–H and O–H groups in total. The molecule has 0 aromatic carbocycles. The first-order valence-electron chi connectivity index (χ1n) is 5.22. The van der Waals surface area contributed by atoms with Crippen molar-refractivity contribution in [3.8, 4) is 0 Å². The Morgan fingerprint density at radius 3 is 2.61 bits per heavy atom. The van der Waals surface area contributed by atoms with Gasteiger partial charge in [0.1, 0.15) is 4.88 Å². The van der Waals surface area contributed by atoms with Crippen LogP contribution in [0.2, 0.25) is 0 Å². The molecule has 6 nitrogen and oxygen atoms in total. The number of sulfonamides is 1. The Morgan fingerprint density at radius 2 is 2.17 bits per heavy atom. The second kappa shape index (κ2) is 5.79. The van der Waals surface area contributed by atoms with Crippen LogP contribution >= 0.6 is 11.3 Å². The molecule has 0 saturated carbocycles. The van der Waals surface area contributed by atoms with E-state index in [-0.39, 0.29) is 28.8 Å². The lowest BCUT2D eigenvalue weighted by atomic mass is 10.2. The Labute approximate surface area is 109 Å². The highest BCUT2D eigenvalue weighted by Crippen LogP contribution is 2.25. The van der Waals surface area contributed by atoms with Gasteiger partial charge in [-0.2, -0.15) is 0 Å². The number of thiophene rings is 1. The number of hydrogen-bond acceptors (Lipinski definition) is 5. The van der Waals surface area contributed by atoms with Crippen LogP contribution in [0.3, 0.4) is 0 Å². The average Bonchev–Trinajstić information content (AvgIpc) is 2.69. The molecule has 0 amide bonds. The monoisotopic (exact) mass is 293 g/mol. The normalized spacial score (nSPS) is 13.5. The Kier molecular flexibility index (Phi) is 4.85. The summed E-state index contributed by atoms with van der Waals surface area (Å²) >= 11 is 0.921. The van der Waals surface area contributed by atoms with Gasteiger partial charge in [-0.25, -0.2) is 17.9 Å². The summed E-state index contributed by atoms with van der Waals surface area (Å²) in [6, 6.07) is 1.15. The highest BCUT2D eigenvalue weighted by molar-refractivity contribution is 7.89. The Morgan fingerprint density at radius 1 is 1.56 bits per heavy atom. The van der Waals surface area contributed by atoms with Crippen LogP contribution < -0.4 is 4.72 Å². The van der Waals surface area contributed by atoms with Crippen molar-refractivity contribution in [2.45, 2.75) is 18.7 Å². The molecule has 102 valence electrons. The number of rotatable bonds is 6. The summed E-state index contributed by atoms with van der Waals surface area (Å²) < 4.78 is 26.2. The number of aryl methyl sites for hydroxylation is 1. The lowest BCUT2D eigenvalue weighted by molar-refractivity contribution is 0.0702. The van der Waals surface area contributed by atoms with Crippen LogP contribution in [0.5, 0.6) is 0 Å². The van der Waals surface area contributed by atoms with Gasteiger partial charge in [0, 0.05) is 18.0 Å². The van der Waals surface area contributed by atoms with E-state index in [4.69, 9.17) is 10.2 Å². The molecule has 1 aromatic rings. The van der Waals surface area contributed by atoms with Crippen LogP contribution in [0.15, 0.2) is 11.0 Å². The summed E-state index contributed by atoms with van der Waals surface area (Å²) in [4.78, 5) is 11.2. The molecular weight excluding hydrogens is 278 g/mol. The van der Waals surface area contributed by atoms with Gasteiger partial charge in [0.25, 0.3) is 0 Å². The maximum absolute atomic E-state index is 11.9. The van der Waals surface area contributed by atoms with Crippen LogP contribution in [0.4, 0.5) is 0 Å². The van der Waals surface area contributed by atoms with E-state index in [1.807, 2.05) is 0 Å². The molecule has 0 fully saturated rings. The third kappa shape index (κ3) is 3.52. The molecule has 0 aliphatic rings. The summed E-state index contributed by atoms with van der Waals surface area (Å²) in [5.41, 5.74) is 0. The quantitative estimate of drug-likeness (QED) is 0.715. The number of carboxylic acids is 1. The number of aromatic carboxylic acids is 1. The van der Waals surface area contributed by atoms with Gasteiger partial charge in [-0.05, 0) is 18.9 Å². The standard InChI is InChI=1S/C10H15NO5S2/c1-6(5-12)4-11-18(15,16)9-3-8(10(13)14)17-7(9)2/h3,6,11-12H,4-5H2,1-2H3,(H,13,14). The zero-order valence-electron chi connectivity index (χ0n) is 10.0. The summed E-state index contributed by atoms with van der Waals surface area (Å²) in [5.74, 6) is -1.34. The summed E-state index contributed by atoms with van der Waals surface area (Å²) in [6.45, 7) is 3.24. The van der Waals surface area contributed by atoms with Crippen molar-refractivity contribution in [2.75, 3.05) is 13.2 Å². The third-order valence-corrected chi connectivity index (χ3v) is 5.02. The van der Waals surface area contributed by atoms with Crippen LogP contribution in [-0.2, 0) is 10.0 Å². The van der Waals surface area contributed by atoms with Gasteiger partial charge in [0.05, 0.1) is 4.90 Å². The Hall–Kier alpha value is -0.960. The molecule has 1 atom stereocenters. The van der Waals surface area contributed by atoms with E-state index < -0.39 is 16.0 Å². The zero-order chi connectivity index (χ0) is 13.9. The summed E-state index contributed by atoms with van der Waals surface area (Å²) in [7, 11) is -3.72. The first-order valence-corrected chi connectivity index (χ1v) is 7.52. The molecule has 1 heterocycles. The molecule has 0 aliphatic heterocycles. The minimum Gasteiger partial charge on any atom is -0.477 e. The molecule has 1 unspecified atom stereocenters. The Bertz CT molecular complexity index is 534. The fourth-order valence-electron chi connectivity index (χ4n) is 1.23. The smallest absolute Gasteiger partial charge is 0.345 e. The van der Waals surface area contributed by atoms with Crippen molar-refractivity contribution in [3.05, 3.63) is 15.8 Å². The molecule has 0 radical (unpaired) electrons. The number of aliphatic hydroxyl groups is 1. The molecule has 0 saturated heterocycles. The van der Waals surface area contributed by atoms with Gasteiger partial charge in [0.2, 0.25) is 10.0 Å². The van der Waals surface area contributed by atoms with E-state index in [0.717, 1.165) is 17.4 Å². The molecule has 0 aliphatic carbocycles. The Balaban J connectivity index is 2.95.